The number of likely N-dealkylation sites (N-methyl/N-ethyl adjacent to an activating group) is 1. The Balaban J connectivity index is 1.52. The van der Waals surface area contributed by atoms with Crippen molar-refractivity contribution in [3.05, 3.63) is 59.2 Å². The van der Waals surface area contributed by atoms with Gasteiger partial charge in [0.1, 0.15) is 0 Å². The quantitative estimate of drug-likeness (QED) is 0.759. The molecule has 9 heteroatoms. The van der Waals surface area contributed by atoms with Crippen LogP contribution >= 0.6 is 0 Å². The molecule has 2 amide bonds. The first-order chi connectivity index (χ1) is 14.6. The number of aryl methyl sites for hydroxylation is 1. The number of carbonyl (C=O) groups is 2. The van der Waals surface area contributed by atoms with Crippen molar-refractivity contribution in [1.82, 2.24) is 10.2 Å². The first kappa shape index (κ1) is 22.6. The molecule has 0 unspecified atom stereocenters. The summed E-state index contributed by atoms with van der Waals surface area (Å²) in [7, 11) is 2.10. The van der Waals surface area contributed by atoms with Gasteiger partial charge in [0.05, 0.1) is 12.1 Å². The van der Waals surface area contributed by atoms with Gasteiger partial charge in [0, 0.05) is 43.1 Å². The minimum absolute atomic E-state index is 0.0492. The molecule has 3 rings (SSSR count). The molecule has 166 valence electrons. The largest absolute Gasteiger partial charge is 0.416 e. The van der Waals surface area contributed by atoms with Gasteiger partial charge >= 0.3 is 6.18 Å². The zero-order chi connectivity index (χ0) is 22.6. The predicted molar refractivity (Wildman–Crippen MR) is 113 cm³/mol. The zero-order valence-corrected chi connectivity index (χ0v) is 17.4. The molecule has 0 saturated carbocycles. The molecular weight excluding hydrogens is 409 g/mol. The number of piperazine rings is 1. The smallest absolute Gasteiger partial charge is 0.369 e. The highest BCUT2D eigenvalue weighted by Crippen LogP contribution is 2.29. The molecule has 6 nitrogen and oxygen atoms in total. The summed E-state index contributed by atoms with van der Waals surface area (Å²) in [5.41, 5.74) is 1.99. The Bertz CT molecular complexity index is 937. The monoisotopic (exact) mass is 434 g/mol. The summed E-state index contributed by atoms with van der Waals surface area (Å²) in [6.07, 6.45) is -4.47. The Morgan fingerprint density at radius 2 is 1.65 bits per heavy atom. The molecule has 1 heterocycles. The number of carbonyl (C=O) groups excluding carboxylic acids is 2. The van der Waals surface area contributed by atoms with Crippen molar-refractivity contribution in [3.8, 4) is 0 Å². The van der Waals surface area contributed by atoms with E-state index in [-0.39, 0.29) is 12.1 Å². The fourth-order valence-electron chi connectivity index (χ4n) is 3.41. The van der Waals surface area contributed by atoms with E-state index < -0.39 is 23.6 Å². The van der Waals surface area contributed by atoms with Gasteiger partial charge in [-0.25, -0.2) is 0 Å². The van der Waals surface area contributed by atoms with Crippen LogP contribution in [-0.2, 0) is 11.0 Å². The van der Waals surface area contributed by atoms with Crippen molar-refractivity contribution < 1.29 is 22.8 Å². The van der Waals surface area contributed by atoms with Crippen molar-refractivity contribution in [2.75, 3.05) is 50.0 Å². The highest BCUT2D eigenvalue weighted by Gasteiger charge is 2.30. The van der Waals surface area contributed by atoms with Crippen molar-refractivity contribution >= 4 is 23.2 Å². The van der Waals surface area contributed by atoms with Crippen molar-refractivity contribution in [1.29, 1.82) is 0 Å². The normalized spacial score (nSPS) is 14.9. The average Bonchev–Trinajstić information content (AvgIpc) is 2.72. The standard InChI is InChI=1S/C22H25F3N4O2/c1-15-13-18(7-8-19(15)29-11-9-28(2)10-12-29)27-20(30)14-26-21(31)16-3-5-17(6-4-16)22(23,24)25/h3-8,13H,9-12,14H2,1-2H3,(H,26,31)(H,27,30). The van der Waals surface area contributed by atoms with E-state index in [9.17, 15) is 22.8 Å². The summed E-state index contributed by atoms with van der Waals surface area (Å²) in [5.74, 6) is -1.04. The third-order valence-corrected chi connectivity index (χ3v) is 5.21. The topological polar surface area (TPSA) is 64.7 Å². The Morgan fingerprint density at radius 3 is 2.23 bits per heavy atom. The van der Waals surface area contributed by atoms with Crippen LogP contribution in [0.25, 0.3) is 0 Å². The van der Waals surface area contributed by atoms with Gasteiger partial charge in [-0.3, -0.25) is 9.59 Å². The molecule has 2 aromatic carbocycles. The minimum Gasteiger partial charge on any atom is -0.369 e. The molecule has 0 bridgehead atoms. The number of amides is 2. The first-order valence-corrected chi connectivity index (χ1v) is 9.93. The summed E-state index contributed by atoms with van der Waals surface area (Å²) in [6, 6.07) is 9.49. The molecule has 0 spiro atoms. The van der Waals surface area contributed by atoms with E-state index in [1.165, 1.54) is 0 Å². The molecule has 0 radical (unpaired) electrons. The maximum absolute atomic E-state index is 12.6. The Hall–Kier alpha value is -3.07. The summed E-state index contributed by atoms with van der Waals surface area (Å²) in [4.78, 5) is 28.8. The van der Waals surface area contributed by atoms with E-state index in [1.54, 1.807) is 0 Å². The summed E-state index contributed by atoms with van der Waals surface area (Å²) in [5, 5.41) is 5.14. The number of alkyl halides is 3. The number of hydrogen-bond acceptors (Lipinski definition) is 4. The van der Waals surface area contributed by atoms with E-state index in [2.05, 4.69) is 27.5 Å². The zero-order valence-electron chi connectivity index (χ0n) is 17.4. The van der Waals surface area contributed by atoms with Crippen LogP contribution < -0.4 is 15.5 Å². The molecular formula is C22H25F3N4O2. The number of benzene rings is 2. The highest BCUT2D eigenvalue weighted by atomic mass is 19.4. The van der Waals surface area contributed by atoms with Crippen LogP contribution in [0.2, 0.25) is 0 Å². The molecule has 2 N–H and O–H groups in total. The minimum atomic E-state index is -4.47. The van der Waals surface area contributed by atoms with E-state index in [1.807, 2.05) is 25.1 Å². The SMILES string of the molecule is Cc1cc(NC(=O)CNC(=O)c2ccc(C(F)(F)F)cc2)ccc1N1CCN(C)CC1. The average molecular weight is 434 g/mol. The van der Waals surface area contributed by atoms with Crippen LogP contribution in [0.15, 0.2) is 42.5 Å². The van der Waals surface area contributed by atoms with Crippen LogP contribution in [0, 0.1) is 6.92 Å². The lowest BCUT2D eigenvalue weighted by atomic mass is 10.1. The van der Waals surface area contributed by atoms with Crippen molar-refractivity contribution in [2.24, 2.45) is 0 Å². The summed E-state index contributed by atoms with van der Waals surface area (Å²) in [6.45, 7) is 5.57. The maximum Gasteiger partial charge on any atom is 0.416 e. The molecule has 0 aromatic heterocycles. The molecule has 2 aromatic rings. The van der Waals surface area contributed by atoms with Gasteiger partial charge in [0.2, 0.25) is 5.91 Å². The Kier molecular flexibility index (Phi) is 6.84. The van der Waals surface area contributed by atoms with Gasteiger partial charge < -0.3 is 20.4 Å². The molecule has 1 aliphatic rings. The van der Waals surface area contributed by atoms with E-state index in [0.29, 0.717) is 5.69 Å². The van der Waals surface area contributed by atoms with Crippen LogP contribution in [0.1, 0.15) is 21.5 Å². The van der Waals surface area contributed by atoms with Gasteiger partial charge in [-0.05, 0) is 62.0 Å². The van der Waals surface area contributed by atoms with Gasteiger partial charge in [-0.2, -0.15) is 13.2 Å². The number of rotatable bonds is 5. The number of nitrogens with one attached hydrogen (secondary N) is 2. The fourth-order valence-corrected chi connectivity index (χ4v) is 3.41. The second-order valence-corrected chi connectivity index (χ2v) is 7.60. The van der Waals surface area contributed by atoms with Crippen LogP contribution in [-0.4, -0.2) is 56.5 Å². The Morgan fingerprint density at radius 1 is 1.00 bits per heavy atom. The summed E-state index contributed by atoms with van der Waals surface area (Å²) < 4.78 is 37.8. The van der Waals surface area contributed by atoms with E-state index >= 15 is 0 Å². The number of halogens is 3. The van der Waals surface area contributed by atoms with E-state index in [0.717, 1.165) is 61.7 Å². The molecule has 0 atom stereocenters. The van der Waals surface area contributed by atoms with Crippen LogP contribution in [0.4, 0.5) is 24.5 Å². The second-order valence-electron chi connectivity index (χ2n) is 7.60. The number of anilines is 2. The molecule has 31 heavy (non-hydrogen) atoms. The predicted octanol–water partition coefficient (Wildman–Crippen LogP) is 3.13. The first-order valence-electron chi connectivity index (χ1n) is 9.93. The Labute approximate surface area is 179 Å². The number of hydrogen-bond donors (Lipinski definition) is 2. The molecule has 1 aliphatic heterocycles. The van der Waals surface area contributed by atoms with Gasteiger partial charge in [0.25, 0.3) is 5.91 Å². The lowest BCUT2D eigenvalue weighted by Gasteiger charge is -2.35. The maximum atomic E-state index is 12.6. The molecule has 1 saturated heterocycles. The fraction of sp³-hybridized carbons (Fsp3) is 0.364. The van der Waals surface area contributed by atoms with Crippen molar-refractivity contribution in [3.63, 3.8) is 0 Å². The van der Waals surface area contributed by atoms with Crippen LogP contribution in [0.5, 0.6) is 0 Å². The van der Waals surface area contributed by atoms with Gasteiger partial charge in [-0.15, -0.1) is 0 Å². The van der Waals surface area contributed by atoms with Gasteiger partial charge in [-0.1, -0.05) is 0 Å². The van der Waals surface area contributed by atoms with Gasteiger partial charge in [0.15, 0.2) is 0 Å². The van der Waals surface area contributed by atoms with Crippen LogP contribution in [0.3, 0.4) is 0 Å². The molecule has 0 aliphatic carbocycles. The summed E-state index contributed by atoms with van der Waals surface area (Å²) >= 11 is 0. The third kappa shape index (κ3) is 5.97. The van der Waals surface area contributed by atoms with Crippen molar-refractivity contribution in [2.45, 2.75) is 13.1 Å². The lowest BCUT2D eigenvalue weighted by molar-refractivity contribution is -0.137. The second kappa shape index (κ2) is 9.38. The lowest BCUT2D eigenvalue weighted by Crippen LogP contribution is -2.44. The molecule has 1 fully saturated rings. The third-order valence-electron chi connectivity index (χ3n) is 5.21. The highest BCUT2D eigenvalue weighted by molar-refractivity contribution is 5.99. The number of nitrogens with zero attached hydrogens (tertiary/aromatic N) is 2. The van der Waals surface area contributed by atoms with E-state index in [4.69, 9.17) is 0 Å².